The second-order valence-electron chi connectivity index (χ2n) is 4.43. The van der Waals surface area contributed by atoms with Gasteiger partial charge in [0.05, 0.1) is 5.30 Å². The van der Waals surface area contributed by atoms with Gasteiger partial charge in [-0.1, -0.05) is 43.7 Å². The minimum absolute atomic E-state index is 0.176. The van der Waals surface area contributed by atoms with E-state index < -0.39 is 7.60 Å². The average molecular weight is 264 g/mol. The van der Waals surface area contributed by atoms with Crippen LogP contribution in [0.3, 0.4) is 0 Å². The highest BCUT2D eigenvalue weighted by atomic mass is 31.2. The van der Waals surface area contributed by atoms with Gasteiger partial charge in [0.1, 0.15) is 0 Å². The van der Waals surface area contributed by atoms with E-state index in [-0.39, 0.29) is 5.30 Å². The molecule has 0 saturated heterocycles. The first kappa shape index (κ1) is 13.3. The van der Waals surface area contributed by atoms with Crippen molar-refractivity contribution >= 4 is 23.7 Å². The normalized spacial score (nSPS) is 11.9. The van der Waals surface area contributed by atoms with E-state index >= 15 is 0 Å². The summed E-state index contributed by atoms with van der Waals surface area (Å²) >= 11 is 0. The molecule has 2 N–H and O–H groups in total. The molecule has 0 bridgehead atoms. The van der Waals surface area contributed by atoms with Crippen LogP contribution >= 0.6 is 7.60 Å². The minimum Gasteiger partial charge on any atom is -0.321 e. The van der Waals surface area contributed by atoms with E-state index in [1.54, 1.807) is 12.1 Å². The number of hydrogen-bond donors (Lipinski definition) is 2. The Balaban J connectivity index is 2.67. The predicted molar refractivity (Wildman–Crippen MR) is 74.2 cm³/mol. The van der Waals surface area contributed by atoms with Crippen molar-refractivity contribution < 1.29 is 14.4 Å². The Hall–Kier alpha value is -1.15. The summed E-state index contributed by atoms with van der Waals surface area (Å²) in [5.41, 5.74) is 0.795. The van der Waals surface area contributed by atoms with Crippen LogP contribution in [0, 0.1) is 0 Å². The molecule has 0 heterocycles. The topological polar surface area (TPSA) is 57.5 Å². The lowest BCUT2D eigenvalue weighted by atomic mass is 10.0. The van der Waals surface area contributed by atoms with Crippen molar-refractivity contribution in [2.75, 3.05) is 0 Å². The van der Waals surface area contributed by atoms with Gasteiger partial charge >= 0.3 is 7.60 Å². The molecule has 0 aliphatic rings. The van der Waals surface area contributed by atoms with Crippen LogP contribution in [0.2, 0.25) is 0 Å². The largest absolute Gasteiger partial charge is 0.356 e. The van der Waals surface area contributed by atoms with Crippen LogP contribution in [0.4, 0.5) is 0 Å². The Morgan fingerprint density at radius 2 is 1.83 bits per heavy atom. The quantitative estimate of drug-likeness (QED) is 0.835. The van der Waals surface area contributed by atoms with Crippen LogP contribution in [-0.2, 0) is 11.0 Å². The van der Waals surface area contributed by atoms with Crippen molar-refractivity contribution in [2.24, 2.45) is 0 Å². The van der Waals surface area contributed by atoms with E-state index in [2.05, 4.69) is 6.92 Å². The Morgan fingerprint density at radius 3 is 2.50 bits per heavy atom. The molecular weight excluding hydrogens is 247 g/mol. The smallest absolute Gasteiger partial charge is 0.321 e. The van der Waals surface area contributed by atoms with Crippen molar-refractivity contribution in [3.05, 3.63) is 42.0 Å². The number of unbranched alkanes of at least 4 members (excludes halogenated alkanes) is 1. The average Bonchev–Trinajstić information content (AvgIpc) is 2.34. The van der Waals surface area contributed by atoms with E-state index in [9.17, 15) is 14.4 Å². The zero-order valence-corrected chi connectivity index (χ0v) is 11.2. The number of hydrogen-bond acceptors (Lipinski definition) is 1. The second kappa shape index (κ2) is 5.23. The highest BCUT2D eigenvalue weighted by Gasteiger charge is 2.22. The van der Waals surface area contributed by atoms with Crippen LogP contribution in [-0.4, -0.2) is 9.79 Å². The summed E-state index contributed by atoms with van der Waals surface area (Å²) in [5.74, 6) is 0. The molecule has 96 valence electrons. The predicted octanol–water partition coefficient (Wildman–Crippen LogP) is 2.99. The molecule has 0 saturated carbocycles. The maximum atomic E-state index is 11.6. The lowest BCUT2D eigenvalue weighted by Gasteiger charge is -2.13. The van der Waals surface area contributed by atoms with Crippen molar-refractivity contribution in [1.82, 2.24) is 0 Å². The molecule has 0 atom stereocenters. The fourth-order valence-corrected chi connectivity index (χ4v) is 3.07. The zero-order valence-electron chi connectivity index (χ0n) is 10.3. The van der Waals surface area contributed by atoms with Crippen molar-refractivity contribution in [2.45, 2.75) is 26.2 Å². The van der Waals surface area contributed by atoms with E-state index in [1.165, 1.54) is 0 Å². The van der Waals surface area contributed by atoms with Crippen LogP contribution < -0.4 is 5.30 Å². The molecule has 2 rings (SSSR count). The molecule has 2 aromatic carbocycles. The minimum atomic E-state index is -4.20. The van der Waals surface area contributed by atoms with Gasteiger partial charge in [-0.3, -0.25) is 4.57 Å². The summed E-state index contributed by atoms with van der Waals surface area (Å²) in [6, 6.07) is 11.1. The summed E-state index contributed by atoms with van der Waals surface area (Å²) < 4.78 is 11.6. The van der Waals surface area contributed by atoms with E-state index in [4.69, 9.17) is 0 Å². The van der Waals surface area contributed by atoms with Crippen LogP contribution in [0.15, 0.2) is 36.4 Å². The lowest BCUT2D eigenvalue weighted by Crippen LogP contribution is -2.11. The Morgan fingerprint density at radius 1 is 1.11 bits per heavy atom. The highest BCUT2D eigenvalue weighted by molar-refractivity contribution is 7.60. The van der Waals surface area contributed by atoms with Gasteiger partial charge in [0.15, 0.2) is 0 Å². The monoisotopic (exact) mass is 264 g/mol. The molecule has 4 heteroatoms. The van der Waals surface area contributed by atoms with Crippen LogP contribution in [0.25, 0.3) is 10.8 Å². The van der Waals surface area contributed by atoms with Gasteiger partial charge in [-0.05, 0) is 35.2 Å². The van der Waals surface area contributed by atoms with Crippen molar-refractivity contribution in [3.8, 4) is 0 Å². The molecule has 0 radical (unpaired) electrons. The molecule has 0 spiro atoms. The SMILES string of the molecule is CCCCc1c(P(=O)(O)O)ccc2ccccc12. The van der Waals surface area contributed by atoms with Crippen LogP contribution in [0.5, 0.6) is 0 Å². The first-order valence-corrected chi connectivity index (χ1v) is 7.72. The van der Waals surface area contributed by atoms with E-state index in [1.807, 2.05) is 24.3 Å². The molecule has 2 aromatic rings. The van der Waals surface area contributed by atoms with E-state index in [0.29, 0.717) is 6.42 Å². The van der Waals surface area contributed by atoms with Gasteiger partial charge in [-0.2, -0.15) is 0 Å². The number of benzene rings is 2. The lowest BCUT2D eigenvalue weighted by molar-refractivity contribution is 0.387. The van der Waals surface area contributed by atoms with Gasteiger partial charge in [0.25, 0.3) is 0 Å². The molecule has 0 aliphatic heterocycles. The first-order chi connectivity index (χ1) is 8.54. The molecule has 0 unspecified atom stereocenters. The fourth-order valence-electron chi connectivity index (χ4n) is 2.21. The molecule has 0 aromatic heterocycles. The molecular formula is C14H17O3P. The maximum absolute atomic E-state index is 11.6. The summed E-state index contributed by atoms with van der Waals surface area (Å²) in [4.78, 5) is 18.9. The summed E-state index contributed by atoms with van der Waals surface area (Å²) in [7, 11) is -4.20. The number of aryl methyl sites for hydroxylation is 1. The fraction of sp³-hybridized carbons (Fsp3) is 0.286. The molecule has 0 fully saturated rings. The summed E-state index contributed by atoms with van der Waals surface area (Å²) in [5, 5.41) is 2.15. The number of rotatable bonds is 4. The Labute approximate surface area is 107 Å². The van der Waals surface area contributed by atoms with Crippen LogP contribution in [0.1, 0.15) is 25.3 Å². The highest BCUT2D eigenvalue weighted by Crippen LogP contribution is 2.37. The second-order valence-corrected chi connectivity index (χ2v) is 6.00. The van der Waals surface area contributed by atoms with E-state index in [0.717, 1.165) is 29.2 Å². The summed E-state index contributed by atoms with van der Waals surface area (Å²) in [6.07, 6.45) is 2.64. The first-order valence-electron chi connectivity index (χ1n) is 6.10. The molecule has 3 nitrogen and oxygen atoms in total. The van der Waals surface area contributed by atoms with Gasteiger partial charge < -0.3 is 9.79 Å². The standard InChI is InChI=1S/C14H17O3P/c1-2-3-7-13-12-8-5-4-6-11(12)9-10-14(13)18(15,16)17/h4-6,8-10H,2-3,7H2,1H3,(H2,15,16,17). The van der Waals surface area contributed by atoms with Gasteiger partial charge in [-0.15, -0.1) is 0 Å². The van der Waals surface area contributed by atoms with Gasteiger partial charge in [0.2, 0.25) is 0 Å². The Kier molecular flexibility index (Phi) is 3.86. The third-order valence-electron chi connectivity index (χ3n) is 3.11. The molecule has 18 heavy (non-hydrogen) atoms. The zero-order chi connectivity index (χ0) is 13.2. The van der Waals surface area contributed by atoms with Gasteiger partial charge in [-0.25, -0.2) is 0 Å². The van der Waals surface area contributed by atoms with Gasteiger partial charge in [0, 0.05) is 0 Å². The number of fused-ring (bicyclic) bond motifs is 1. The molecule has 0 amide bonds. The third-order valence-corrected chi connectivity index (χ3v) is 4.16. The maximum Gasteiger partial charge on any atom is 0.356 e. The molecule has 0 aliphatic carbocycles. The summed E-state index contributed by atoms with van der Waals surface area (Å²) in [6.45, 7) is 2.07. The Bertz CT molecular complexity index is 601. The van der Waals surface area contributed by atoms with Crippen molar-refractivity contribution in [1.29, 1.82) is 0 Å². The van der Waals surface area contributed by atoms with Crippen molar-refractivity contribution in [3.63, 3.8) is 0 Å². The third kappa shape index (κ3) is 2.64.